The maximum absolute atomic E-state index is 13.4. The van der Waals surface area contributed by atoms with Gasteiger partial charge < -0.3 is 10.2 Å². The Hall–Kier alpha value is -2.96. The molecular formula is C22H24N4O6S2. The lowest BCUT2D eigenvalue weighted by atomic mass is 10.1. The molecule has 2 aliphatic heterocycles. The van der Waals surface area contributed by atoms with Crippen LogP contribution in [0.1, 0.15) is 47.0 Å². The Balaban J connectivity index is 1.53. The fourth-order valence-electron chi connectivity index (χ4n) is 4.44. The van der Waals surface area contributed by atoms with Crippen LogP contribution in [0.3, 0.4) is 0 Å². The molecule has 2 saturated heterocycles. The van der Waals surface area contributed by atoms with Gasteiger partial charge in [0, 0.05) is 18.1 Å². The number of likely N-dealkylation sites (tertiary alicyclic amines) is 1. The molecule has 0 radical (unpaired) electrons. The molecule has 0 bridgehead atoms. The number of nitrogens with one attached hydrogen (secondary N) is 1. The molecule has 2 aromatic rings. The number of Topliss-reactive ketones (excluding diaryl/α,β-unsaturated/α-hetero) is 1. The van der Waals surface area contributed by atoms with Crippen molar-refractivity contribution in [1.29, 1.82) is 0 Å². The van der Waals surface area contributed by atoms with E-state index < -0.39 is 51.5 Å². The number of nitrogens with zero attached hydrogens (tertiary/aromatic N) is 3. The van der Waals surface area contributed by atoms with Crippen molar-refractivity contribution in [3.05, 3.63) is 52.5 Å². The molecule has 2 fully saturated rings. The Morgan fingerprint density at radius 2 is 2.06 bits per heavy atom. The normalized spacial score (nSPS) is 21.3. The van der Waals surface area contributed by atoms with Crippen molar-refractivity contribution < 1.29 is 27.6 Å². The van der Waals surface area contributed by atoms with Gasteiger partial charge in [0.25, 0.3) is 15.9 Å². The van der Waals surface area contributed by atoms with Crippen LogP contribution in [-0.4, -0.2) is 76.5 Å². The number of hydrogen-bond acceptors (Lipinski definition) is 8. The number of ketones is 1. The van der Waals surface area contributed by atoms with E-state index in [1.54, 1.807) is 22.9 Å². The van der Waals surface area contributed by atoms with Crippen LogP contribution in [0, 0.1) is 0 Å². The molecule has 34 heavy (non-hydrogen) atoms. The second-order valence-electron chi connectivity index (χ2n) is 8.18. The third kappa shape index (κ3) is 4.40. The maximum atomic E-state index is 13.4. The van der Waals surface area contributed by atoms with Crippen LogP contribution in [0.5, 0.6) is 0 Å². The first-order chi connectivity index (χ1) is 16.3. The summed E-state index contributed by atoms with van der Waals surface area (Å²) < 4.78 is 27.0. The number of fused-ring (bicyclic) bond motifs is 1. The van der Waals surface area contributed by atoms with E-state index >= 15 is 0 Å². The zero-order valence-corrected chi connectivity index (χ0v) is 20.0. The van der Waals surface area contributed by atoms with Crippen molar-refractivity contribution in [2.75, 3.05) is 13.1 Å². The summed E-state index contributed by atoms with van der Waals surface area (Å²) in [5.74, 6) is -1.26. The minimum Gasteiger partial charge on any atom is -0.340 e. The van der Waals surface area contributed by atoms with Gasteiger partial charge in [0.15, 0.2) is 5.78 Å². The predicted octanol–water partition coefficient (Wildman–Crippen LogP) is 1.07. The summed E-state index contributed by atoms with van der Waals surface area (Å²) in [6.07, 6.45) is 2.52. The Bertz CT molecular complexity index is 1200. The van der Waals surface area contributed by atoms with Gasteiger partial charge in [0.05, 0.1) is 18.2 Å². The Morgan fingerprint density at radius 3 is 2.71 bits per heavy atom. The molecule has 3 unspecified atom stereocenters. The summed E-state index contributed by atoms with van der Waals surface area (Å²) in [6.45, 7) is 1.54. The summed E-state index contributed by atoms with van der Waals surface area (Å²) in [6, 6.07) is 3.35. The van der Waals surface area contributed by atoms with Gasteiger partial charge in [0.1, 0.15) is 17.8 Å². The van der Waals surface area contributed by atoms with Crippen molar-refractivity contribution >= 4 is 44.1 Å². The Labute approximate surface area is 201 Å². The fraction of sp³-hybridized carbons (Fsp3) is 0.409. The van der Waals surface area contributed by atoms with Crippen molar-refractivity contribution in [3.63, 3.8) is 0 Å². The smallest absolute Gasteiger partial charge is 0.310 e. The lowest BCUT2D eigenvalue weighted by Gasteiger charge is -2.28. The van der Waals surface area contributed by atoms with Crippen molar-refractivity contribution in [3.8, 4) is 0 Å². The second kappa shape index (κ2) is 9.72. The first kappa shape index (κ1) is 24.2. The summed E-state index contributed by atoms with van der Waals surface area (Å²) in [5.41, 5.74) is 0.212. The number of carbonyl (C=O) groups excluding carboxylic acids is 4. The SMILES string of the molecule is CCCC(NC(=O)c1ccsc1)C(=O)N1CCC2C1C(=O)CN2S(=O)(=O)C(=O)c1ccccn1. The molecule has 0 spiro atoms. The highest BCUT2D eigenvalue weighted by molar-refractivity contribution is 8.04. The number of rotatable bonds is 7. The second-order valence-corrected chi connectivity index (χ2v) is 10.7. The minimum atomic E-state index is -4.50. The lowest BCUT2D eigenvalue weighted by Crippen LogP contribution is -2.52. The van der Waals surface area contributed by atoms with Gasteiger partial charge >= 0.3 is 5.12 Å². The van der Waals surface area contributed by atoms with Crippen LogP contribution < -0.4 is 5.32 Å². The minimum absolute atomic E-state index is 0.151. The maximum Gasteiger partial charge on any atom is 0.310 e. The van der Waals surface area contributed by atoms with Crippen molar-refractivity contribution in [1.82, 2.24) is 19.5 Å². The van der Waals surface area contributed by atoms with Crippen LogP contribution in [0.15, 0.2) is 41.2 Å². The largest absolute Gasteiger partial charge is 0.340 e. The fourth-order valence-corrected chi connectivity index (χ4v) is 6.55. The molecule has 2 aromatic heterocycles. The van der Waals surface area contributed by atoms with Gasteiger partial charge in [-0.05, 0) is 36.4 Å². The van der Waals surface area contributed by atoms with Crippen LogP contribution in [0.2, 0.25) is 0 Å². The van der Waals surface area contributed by atoms with Crippen molar-refractivity contribution in [2.45, 2.75) is 44.3 Å². The average Bonchev–Trinajstić information content (AvgIpc) is 3.57. The van der Waals surface area contributed by atoms with Crippen LogP contribution in [0.4, 0.5) is 0 Å². The monoisotopic (exact) mass is 504 g/mol. The van der Waals surface area contributed by atoms with E-state index in [0.29, 0.717) is 18.4 Å². The Morgan fingerprint density at radius 1 is 1.26 bits per heavy atom. The standard InChI is InChI=1S/C22H24N4O6S2/c1-2-5-15(24-20(28)14-8-11-33-13-14)21(29)25-10-7-17-19(25)18(27)12-26(17)34(31,32)22(30)16-6-3-4-9-23-16/h3-4,6,8-9,11,13,15,17,19H,2,5,7,10,12H2,1H3,(H,24,28). The highest BCUT2D eigenvalue weighted by Crippen LogP contribution is 2.33. The van der Waals surface area contributed by atoms with Gasteiger partial charge in [-0.15, -0.1) is 0 Å². The number of thiophene rings is 1. The molecule has 0 aromatic carbocycles. The third-order valence-electron chi connectivity index (χ3n) is 6.04. The predicted molar refractivity (Wildman–Crippen MR) is 124 cm³/mol. The molecule has 12 heteroatoms. The summed E-state index contributed by atoms with van der Waals surface area (Å²) >= 11 is 1.36. The first-order valence-corrected chi connectivity index (χ1v) is 13.3. The van der Waals surface area contributed by atoms with E-state index in [0.717, 1.165) is 4.31 Å². The molecule has 0 aliphatic carbocycles. The lowest BCUT2D eigenvalue weighted by molar-refractivity contribution is -0.138. The third-order valence-corrected chi connectivity index (χ3v) is 8.42. The molecule has 180 valence electrons. The number of pyridine rings is 1. The molecule has 0 saturated carbocycles. The molecule has 1 N–H and O–H groups in total. The molecule has 3 atom stereocenters. The number of hydrogen-bond donors (Lipinski definition) is 1. The highest BCUT2D eigenvalue weighted by Gasteiger charge is 2.55. The highest BCUT2D eigenvalue weighted by atomic mass is 32.2. The van der Waals surface area contributed by atoms with E-state index in [2.05, 4.69) is 10.3 Å². The number of amides is 2. The number of sulfonamides is 1. The first-order valence-electron chi connectivity index (χ1n) is 10.9. The molecule has 10 nitrogen and oxygen atoms in total. The summed E-state index contributed by atoms with van der Waals surface area (Å²) in [5, 5.41) is 5.00. The zero-order chi connectivity index (χ0) is 24.5. The number of aromatic nitrogens is 1. The summed E-state index contributed by atoms with van der Waals surface area (Å²) in [4.78, 5) is 56.6. The van der Waals surface area contributed by atoms with Gasteiger partial charge in [-0.2, -0.15) is 15.6 Å². The van der Waals surface area contributed by atoms with Crippen LogP contribution >= 0.6 is 11.3 Å². The molecule has 2 aliphatic rings. The molecule has 4 rings (SSSR count). The molecule has 2 amide bonds. The zero-order valence-electron chi connectivity index (χ0n) is 18.4. The molecule has 4 heterocycles. The topological polar surface area (TPSA) is 134 Å². The quantitative estimate of drug-likeness (QED) is 0.596. The average molecular weight is 505 g/mol. The van der Waals surface area contributed by atoms with Crippen LogP contribution in [0.25, 0.3) is 0 Å². The number of carbonyl (C=O) groups is 4. The molecular weight excluding hydrogens is 480 g/mol. The van der Waals surface area contributed by atoms with E-state index in [1.165, 1.54) is 34.6 Å². The van der Waals surface area contributed by atoms with Gasteiger partial charge in [-0.3, -0.25) is 24.2 Å². The van der Waals surface area contributed by atoms with Gasteiger partial charge in [-0.25, -0.2) is 8.42 Å². The van der Waals surface area contributed by atoms with E-state index in [4.69, 9.17) is 0 Å². The van der Waals surface area contributed by atoms with Gasteiger partial charge in [0.2, 0.25) is 5.91 Å². The van der Waals surface area contributed by atoms with E-state index in [1.807, 2.05) is 6.92 Å². The summed E-state index contributed by atoms with van der Waals surface area (Å²) in [7, 11) is -4.50. The van der Waals surface area contributed by atoms with E-state index in [9.17, 15) is 27.6 Å². The Kier molecular flexibility index (Phi) is 6.91. The van der Waals surface area contributed by atoms with E-state index in [-0.39, 0.29) is 24.6 Å². The van der Waals surface area contributed by atoms with Crippen molar-refractivity contribution in [2.24, 2.45) is 0 Å². The van der Waals surface area contributed by atoms with Gasteiger partial charge in [-0.1, -0.05) is 19.4 Å². The van der Waals surface area contributed by atoms with Crippen LogP contribution in [-0.2, 0) is 19.6 Å².